The van der Waals surface area contributed by atoms with Crippen molar-refractivity contribution < 1.29 is 18.0 Å². The van der Waals surface area contributed by atoms with Crippen LogP contribution in [0.25, 0.3) is 0 Å². The van der Waals surface area contributed by atoms with Crippen molar-refractivity contribution in [2.45, 2.75) is 57.1 Å². The van der Waals surface area contributed by atoms with Gasteiger partial charge in [0, 0.05) is 17.1 Å². The molecular weight excluding hydrogens is 637 g/mol. The van der Waals surface area contributed by atoms with Crippen LogP contribution < -0.4 is 9.62 Å². The van der Waals surface area contributed by atoms with Gasteiger partial charge >= 0.3 is 0 Å². The SMILES string of the molecule is CC[C@@H](C)NC(=O)[C@H](CC)N(Cc1ccc(Cl)c(Cl)c1)C(=O)CN(c1ccc(Br)cc1)S(=O)(=O)c1ccccc1. The molecule has 0 spiro atoms. The summed E-state index contributed by atoms with van der Waals surface area (Å²) in [5, 5.41) is 3.63. The highest BCUT2D eigenvalue weighted by atomic mass is 79.9. The average molecular weight is 669 g/mol. The summed E-state index contributed by atoms with van der Waals surface area (Å²) in [5.41, 5.74) is 0.964. The highest BCUT2D eigenvalue weighted by Crippen LogP contribution is 2.27. The normalized spacial score (nSPS) is 12.8. The fourth-order valence-electron chi connectivity index (χ4n) is 4.05. The number of hydrogen-bond donors (Lipinski definition) is 1. The zero-order valence-electron chi connectivity index (χ0n) is 22.5. The largest absolute Gasteiger partial charge is 0.352 e. The van der Waals surface area contributed by atoms with Crippen molar-refractivity contribution in [3.63, 3.8) is 0 Å². The smallest absolute Gasteiger partial charge is 0.264 e. The Kier molecular flexibility index (Phi) is 11.5. The summed E-state index contributed by atoms with van der Waals surface area (Å²) >= 11 is 15.7. The third-order valence-electron chi connectivity index (χ3n) is 6.45. The van der Waals surface area contributed by atoms with Gasteiger partial charge in [0.2, 0.25) is 11.8 Å². The van der Waals surface area contributed by atoms with Crippen LogP contribution >= 0.6 is 39.1 Å². The molecule has 214 valence electrons. The van der Waals surface area contributed by atoms with E-state index in [-0.39, 0.29) is 23.4 Å². The Bertz CT molecular complexity index is 1420. The van der Waals surface area contributed by atoms with E-state index in [9.17, 15) is 18.0 Å². The van der Waals surface area contributed by atoms with Crippen LogP contribution in [0, 0.1) is 0 Å². The molecule has 0 radical (unpaired) electrons. The monoisotopic (exact) mass is 667 g/mol. The quantitative estimate of drug-likeness (QED) is 0.234. The number of carbonyl (C=O) groups is 2. The molecule has 3 aromatic carbocycles. The molecule has 7 nitrogen and oxygen atoms in total. The first-order chi connectivity index (χ1) is 19.0. The summed E-state index contributed by atoms with van der Waals surface area (Å²) in [6.07, 6.45) is 1.04. The van der Waals surface area contributed by atoms with E-state index in [1.165, 1.54) is 17.0 Å². The van der Waals surface area contributed by atoms with E-state index >= 15 is 0 Å². The summed E-state index contributed by atoms with van der Waals surface area (Å²) in [7, 11) is -4.12. The van der Waals surface area contributed by atoms with Gasteiger partial charge in [-0.3, -0.25) is 13.9 Å². The number of hydrogen-bond acceptors (Lipinski definition) is 4. The van der Waals surface area contributed by atoms with Crippen molar-refractivity contribution >= 4 is 66.7 Å². The number of amides is 2. The number of rotatable bonds is 12. The predicted octanol–water partition coefficient (Wildman–Crippen LogP) is 6.67. The molecule has 0 aliphatic heterocycles. The molecule has 3 aromatic rings. The first-order valence-electron chi connectivity index (χ1n) is 12.8. The Morgan fingerprint density at radius 2 is 1.57 bits per heavy atom. The van der Waals surface area contributed by atoms with Gasteiger partial charge in [-0.25, -0.2) is 8.42 Å². The number of anilines is 1. The van der Waals surface area contributed by atoms with E-state index in [1.54, 1.807) is 60.7 Å². The van der Waals surface area contributed by atoms with Crippen LogP contribution in [-0.2, 0) is 26.2 Å². The lowest BCUT2D eigenvalue weighted by Gasteiger charge is -2.33. The van der Waals surface area contributed by atoms with Gasteiger partial charge < -0.3 is 10.2 Å². The Morgan fingerprint density at radius 3 is 2.15 bits per heavy atom. The maximum atomic E-state index is 14.1. The molecule has 11 heteroatoms. The Labute approximate surface area is 254 Å². The topological polar surface area (TPSA) is 86.8 Å². The van der Waals surface area contributed by atoms with Crippen molar-refractivity contribution in [3.05, 3.63) is 92.9 Å². The van der Waals surface area contributed by atoms with E-state index in [0.29, 0.717) is 27.7 Å². The summed E-state index contributed by atoms with van der Waals surface area (Å²) in [6, 6.07) is 18.6. The molecule has 0 aliphatic rings. The van der Waals surface area contributed by atoms with Gasteiger partial charge in [-0.05, 0) is 73.9 Å². The molecule has 2 atom stereocenters. The number of nitrogens with one attached hydrogen (secondary N) is 1. The van der Waals surface area contributed by atoms with Crippen LogP contribution in [0.1, 0.15) is 39.2 Å². The third-order valence-corrected chi connectivity index (χ3v) is 9.50. The molecule has 1 N–H and O–H groups in total. The molecule has 0 saturated heterocycles. The molecular formula is C29H32BrCl2N3O4S. The lowest BCUT2D eigenvalue weighted by atomic mass is 10.1. The molecule has 0 unspecified atom stereocenters. The molecule has 0 bridgehead atoms. The molecule has 0 saturated carbocycles. The van der Waals surface area contributed by atoms with E-state index in [1.807, 2.05) is 20.8 Å². The standard InChI is InChI=1S/C29H32BrCl2N3O4S/c1-4-20(3)33-29(37)27(5-2)34(18-21-11-16-25(31)26(32)17-21)28(36)19-35(23-14-12-22(30)13-15-23)40(38,39)24-9-7-6-8-10-24/h6-17,20,27H,4-5,18-19H2,1-3H3,(H,33,37)/t20-,27+/m1/s1. The van der Waals surface area contributed by atoms with E-state index < -0.39 is 28.5 Å². The number of nitrogens with zero attached hydrogens (tertiary/aromatic N) is 2. The molecule has 0 aromatic heterocycles. The summed E-state index contributed by atoms with van der Waals surface area (Å²) in [4.78, 5) is 28.8. The van der Waals surface area contributed by atoms with Crippen molar-refractivity contribution in [2.75, 3.05) is 10.8 Å². The lowest BCUT2D eigenvalue weighted by Crippen LogP contribution is -2.53. The molecule has 40 heavy (non-hydrogen) atoms. The highest BCUT2D eigenvalue weighted by Gasteiger charge is 2.34. The third kappa shape index (κ3) is 8.00. The van der Waals surface area contributed by atoms with Gasteiger partial charge in [0.25, 0.3) is 10.0 Å². The van der Waals surface area contributed by atoms with Crippen LogP contribution in [0.3, 0.4) is 0 Å². The average Bonchev–Trinajstić information content (AvgIpc) is 2.94. The molecule has 0 heterocycles. The highest BCUT2D eigenvalue weighted by molar-refractivity contribution is 9.10. The van der Waals surface area contributed by atoms with E-state index in [2.05, 4.69) is 21.2 Å². The second-order valence-electron chi connectivity index (χ2n) is 9.31. The fourth-order valence-corrected chi connectivity index (χ4v) is 6.07. The summed E-state index contributed by atoms with van der Waals surface area (Å²) < 4.78 is 29.4. The minimum atomic E-state index is -4.12. The fraction of sp³-hybridized carbons (Fsp3) is 0.310. The van der Waals surface area contributed by atoms with Gasteiger partial charge in [-0.2, -0.15) is 0 Å². The van der Waals surface area contributed by atoms with Crippen LogP contribution in [0.4, 0.5) is 5.69 Å². The van der Waals surface area contributed by atoms with Gasteiger partial charge in [-0.1, -0.05) is 77.2 Å². The van der Waals surface area contributed by atoms with Crippen LogP contribution in [0.15, 0.2) is 82.2 Å². The maximum Gasteiger partial charge on any atom is 0.264 e. The van der Waals surface area contributed by atoms with Gasteiger partial charge in [0.15, 0.2) is 0 Å². The van der Waals surface area contributed by atoms with E-state index in [0.717, 1.165) is 15.2 Å². The molecule has 3 rings (SSSR count). The van der Waals surface area contributed by atoms with Crippen molar-refractivity contribution in [3.8, 4) is 0 Å². The zero-order valence-corrected chi connectivity index (χ0v) is 26.4. The molecule has 0 aliphatic carbocycles. The predicted molar refractivity (Wildman–Crippen MR) is 164 cm³/mol. The van der Waals surface area contributed by atoms with Crippen LogP contribution in [0.2, 0.25) is 10.0 Å². The number of halogens is 3. The van der Waals surface area contributed by atoms with Gasteiger partial charge in [0.05, 0.1) is 20.6 Å². The van der Waals surface area contributed by atoms with Crippen molar-refractivity contribution in [1.29, 1.82) is 0 Å². The van der Waals surface area contributed by atoms with Crippen molar-refractivity contribution in [2.24, 2.45) is 0 Å². The molecule has 2 amide bonds. The Morgan fingerprint density at radius 1 is 0.925 bits per heavy atom. The number of sulfonamides is 1. The van der Waals surface area contributed by atoms with E-state index in [4.69, 9.17) is 23.2 Å². The first kappa shape index (κ1) is 31.9. The zero-order chi connectivity index (χ0) is 29.4. The minimum absolute atomic E-state index is 0.0295. The first-order valence-corrected chi connectivity index (χ1v) is 15.8. The van der Waals surface area contributed by atoms with Gasteiger partial charge in [0.1, 0.15) is 12.6 Å². The Hall–Kier alpha value is -2.59. The second kappa shape index (κ2) is 14.3. The van der Waals surface area contributed by atoms with Gasteiger partial charge in [-0.15, -0.1) is 0 Å². The minimum Gasteiger partial charge on any atom is -0.352 e. The van der Waals surface area contributed by atoms with Crippen LogP contribution in [-0.4, -0.2) is 43.8 Å². The van der Waals surface area contributed by atoms with Crippen LogP contribution in [0.5, 0.6) is 0 Å². The number of benzene rings is 3. The number of carbonyl (C=O) groups excluding carboxylic acids is 2. The lowest BCUT2D eigenvalue weighted by molar-refractivity contribution is -0.140. The summed E-state index contributed by atoms with van der Waals surface area (Å²) in [6.45, 7) is 5.16. The summed E-state index contributed by atoms with van der Waals surface area (Å²) in [5.74, 6) is -0.856. The second-order valence-corrected chi connectivity index (χ2v) is 12.9. The maximum absolute atomic E-state index is 14.1. The molecule has 0 fully saturated rings. The van der Waals surface area contributed by atoms with Crippen molar-refractivity contribution in [1.82, 2.24) is 10.2 Å². The Balaban J connectivity index is 2.06.